The third-order valence-corrected chi connectivity index (χ3v) is 3.31. The van der Waals surface area contributed by atoms with Gasteiger partial charge in [-0.25, -0.2) is 0 Å². The molecule has 1 rings (SSSR count). The van der Waals surface area contributed by atoms with Gasteiger partial charge in [0.1, 0.15) is 0 Å². The van der Waals surface area contributed by atoms with Crippen LogP contribution in [0.5, 0.6) is 0 Å². The number of anilines is 1. The molecule has 0 heterocycles. The highest BCUT2D eigenvalue weighted by atomic mass is 15.2. The first-order valence-corrected chi connectivity index (χ1v) is 7.07. The van der Waals surface area contributed by atoms with Crippen LogP contribution < -0.4 is 10.2 Å². The van der Waals surface area contributed by atoms with Gasteiger partial charge in [0, 0.05) is 24.3 Å². The molecule has 1 N–H and O–H groups in total. The lowest BCUT2D eigenvalue weighted by Gasteiger charge is -2.31. The Morgan fingerprint density at radius 2 is 1.95 bits per heavy atom. The standard InChI is InChI=1S/C16H25N3/c1-5-18-14(4)15-9-6-7-10-16(15)19(13(2)3)12-8-11-17/h6-7,9-10,13-14,18H,5,8,12H2,1-4H3. The quantitative estimate of drug-likeness (QED) is 0.814. The van der Waals surface area contributed by atoms with Crippen molar-refractivity contribution in [1.29, 1.82) is 5.26 Å². The van der Waals surface area contributed by atoms with Gasteiger partial charge < -0.3 is 10.2 Å². The summed E-state index contributed by atoms with van der Waals surface area (Å²) < 4.78 is 0. The summed E-state index contributed by atoms with van der Waals surface area (Å²) in [5, 5.41) is 12.3. The van der Waals surface area contributed by atoms with Gasteiger partial charge in [0.25, 0.3) is 0 Å². The molecule has 1 aromatic rings. The first-order valence-electron chi connectivity index (χ1n) is 7.07. The molecule has 0 aromatic heterocycles. The van der Waals surface area contributed by atoms with Crippen LogP contribution in [-0.4, -0.2) is 19.1 Å². The van der Waals surface area contributed by atoms with Gasteiger partial charge in [-0.1, -0.05) is 25.1 Å². The van der Waals surface area contributed by atoms with E-state index in [1.165, 1.54) is 11.3 Å². The number of hydrogen-bond donors (Lipinski definition) is 1. The number of hydrogen-bond acceptors (Lipinski definition) is 3. The summed E-state index contributed by atoms with van der Waals surface area (Å²) in [5.74, 6) is 0. The Hall–Kier alpha value is -1.53. The monoisotopic (exact) mass is 259 g/mol. The van der Waals surface area contributed by atoms with Crippen LogP contribution in [0.25, 0.3) is 0 Å². The zero-order valence-electron chi connectivity index (χ0n) is 12.5. The first-order chi connectivity index (χ1) is 9.11. The molecule has 104 valence electrons. The SMILES string of the molecule is CCNC(C)c1ccccc1N(CCC#N)C(C)C. The molecule has 0 radical (unpaired) electrons. The van der Waals surface area contributed by atoms with Gasteiger partial charge in [-0.2, -0.15) is 5.26 Å². The molecule has 0 aliphatic heterocycles. The van der Waals surface area contributed by atoms with Crippen molar-refractivity contribution in [3.63, 3.8) is 0 Å². The summed E-state index contributed by atoms with van der Waals surface area (Å²) in [7, 11) is 0. The van der Waals surface area contributed by atoms with Crippen LogP contribution in [0.2, 0.25) is 0 Å². The molecule has 0 aliphatic carbocycles. The minimum atomic E-state index is 0.324. The summed E-state index contributed by atoms with van der Waals surface area (Å²) in [6.07, 6.45) is 0.558. The van der Waals surface area contributed by atoms with Gasteiger partial charge >= 0.3 is 0 Å². The average Bonchev–Trinajstić information content (AvgIpc) is 2.39. The van der Waals surface area contributed by atoms with Crippen LogP contribution in [-0.2, 0) is 0 Å². The fourth-order valence-corrected chi connectivity index (χ4v) is 2.36. The molecule has 1 atom stereocenters. The minimum absolute atomic E-state index is 0.324. The maximum absolute atomic E-state index is 8.82. The molecule has 0 saturated carbocycles. The maximum atomic E-state index is 8.82. The van der Waals surface area contributed by atoms with Gasteiger partial charge in [0.05, 0.1) is 12.5 Å². The second kappa shape index (κ2) is 7.81. The maximum Gasteiger partial charge on any atom is 0.0640 e. The van der Waals surface area contributed by atoms with E-state index in [9.17, 15) is 0 Å². The summed E-state index contributed by atoms with van der Waals surface area (Å²) >= 11 is 0. The van der Waals surface area contributed by atoms with E-state index in [4.69, 9.17) is 5.26 Å². The number of nitrogens with zero attached hydrogens (tertiary/aromatic N) is 2. The van der Waals surface area contributed by atoms with E-state index in [1.54, 1.807) is 0 Å². The van der Waals surface area contributed by atoms with Crippen LogP contribution in [0.3, 0.4) is 0 Å². The fraction of sp³-hybridized carbons (Fsp3) is 0.562. The molecular weight excluding hydrogens is 234 g/mol. The lowest BCUT2D eigenvalue weighted by Crippen LogP contribution is -2.33. The van der Waals surface area contributed by atoms with Crippen LogP contribution in [0, 0.1) is 11.3 Å². The topological polar surface area (TPSA) is 39.1 Å². The molecule has 0 aliphatic rings. The summed E-state index contributed by atoms with van der Waals surface area (Å²) in [6, 6.07) is 11.4. The van der Waals surface area contributed by atoms with Crippen molar-refractivity contribution in [3.05, 3.63) is 29.8 Å². The largest absolute Gasteiger partial charge is 0.368 e. The van der Waals surface area contributed by atoms with Gasteiger partial charge in [0.15, 0.2) is 0 Å². The predicted octanol–water partition coefficient (Wildman–Crippen LogP) is 3.49. The van der Waals surface area contributed by atoms with Crippen molar-refractivity contribution >= 4 is 5.69 Å². The number of para-hydroxylation sites is 1. The predicted molar refractivity (Wildman–Crippen MR) is 81.2 cm³/mol. The number of rotatable bonds is 7. The second-order valence-corrected chi connectivity index (χ2v) is 5.03. The molecule has 1 aromatic carbocycles. The zero-order valence-corrected chi connectivity index (χ0v) is 12.5. The van der Waals surface area contributed by atoms with Crippen molar-refractivity contribution in [2.75, 3.05) is 18.0 Å². The normalized spacial score (nSPS) is 12.2. The molecule has 0 saturated heterocycles. The van der Waals surface area contributed by atoms with Gasteiger partial charge in [0.2, 0.25) is 0 Å². The smallest absolute Gasteiger partial charge is 0.0640 e. The summed E-state index contributed by atoms with van der Waals surface area (Å²) in [4.78, 5) is 2.31. The van der Waals surface area contributed by atoms with E-state index in [2.05, 4.69) is 68.2 Å². The van der Waals surface area contributed by atoms with Gasteiger partial charge in [-0.05, 0) is 38.9 Å². The van der Waals surface area contributed by atoms with E-state index in [0.717, 1.165) is 13.1 Å². The van der Waals surface area contributed by atoms with Crippen molar-refractivity contribution in [2.24, 2.45) is 0 Å². The van der Waals surface area contributed by atoms with Gasteiger partial charge in [-0.3, -0.25) is 0 Å². The van der Waals surface area contributed by atoms with Crippen LogP contribution in [0.15, 0.2) is 24.3 Å². The lowest BCUT2D eigenvalue weighted by molar-refractivity contribution is 0.590. The minimum Gasteiger partial charge on any atom is -0.368 e. The second-order valence-electron chi connectivity index (χ2n) is 5.03. The van der Waals surface area contributed by atoms with Crippen molar-refractivity contribution in [3.8, 4) is 6.07 Å². The Morgan fingerprint density at radius 3 is 2.53 bits per heavy atom. The van der Waals surface area contributed by atoms with E-state index in [1.807, 2.05) is 0 Å². The number of nitrogens with one attached hydrogen (secondary N) is 1. The summed E-state index contributed by atoms with van der Waals surface area (Å²) in [6.45, 7) is 10.4. The number of benzene rings is 1. The Morgan fingerprint density at radius 1 is 1.26 bits per heavy atom. The van der Waals surface area contributed by atoms with Crippen molar-refractivity contribution < 1.29 is 0 Å². The number of nitriles is 1. The zero-order chi connectivity index (χ0) is 14.3. The highest BCUT2D eigenvalue weighted by Crippen LogP contribution is 2.27. The van der Waals surface area contributed by atoms with Crippen LogP contribution in [0.1, 0.15) is 45.7 Å². The Bertz CT molecular complexity index is 420. The molecule has 19 heavy (non-hydrogen) atoms. The molecule has 3 heteroatoms. The van der Waals surface area contributed by atoms with Crippen LogP contribution >= 0.6 is 0 Å². The molecule has 3 nitrogen and oxygen atoms in total. The van der Waals surface area contributed by atoms with Crippen molar-refractivity contribution in [2.45, 2.75) is 46.2 Å². The van der Waals surface area contributed by atoms with E-state index in [-0.39, 0.29) is 0 Å². The molecule has 0 bridgehead atoms. The molecular formula is C16H25N3. The fourth-order valence-electron chi connectivity index (χ4n) is 2.36. The third-order valence-electron chi connectivity index (χ3n) is 3.31. The van der Waals surface area contributed by atoms with Gasteiger partial charge in [-0.15, -0.1) is 0 Å². The molecule has 0 fully saturated rings. The summed E-state index contributed by atoms with van der Waals surface area (Å²) in [5.41, 5.74) is 2.54. The van der Waals surface area contributed by atoms with E-state index < -0.39 is 0 Å². The average molecular weight is 259 g/mol. The lowest BCUT2D eigenvalue weighted by atomic mass is 10.0. The molecule has 1 unspecified atom stereocenters. The van der Waals surface area contributed by atoms with E-state index in [0.29, 0.717) is 18.5 Å². The Balaban J connectivity index is 3.05. The van der Waals surface area contributed by atoms with Crippen LogP contribution in [0.4, 0.5) is 5.69 Å². The highest BCUT2D eigenvalue weighted by Gasteiger charge is 2.16. The molecule has 0 spiro atoms. The Kier molecular flexibility index (Phi) is 6.38. The Labute approximate surface area is 117 Å². The molecule has 0 amide bonds. The third kappa shape index (κ3) is 4.25. The first kappa shape index (κ1) is 15.5. The highest BCUT2D eigenvalue weighted by molar-refractivity contribution is 5.55. The van der Waals surface area contributed by atoms with Crippen molar-refractivity contribution in [1.82, 2.24) is 5.32 Å². The van der Waals surface area contributed by atoms with E-state index >= 15 is 0 Å².